The Balaban J connectivity index is 1.62. The molecule has 5 rings (SSSR count). The second-order valence-corrected chi connectivity index (χ2v) is 9.12. The third-order valence-corrected chi connectivity index (χ3v) is 7.02. The van der Waals surface area contributed by atoms with Crippen molar-refractivity contribution < 1.29 is 9.53 Å². The monoisotopic (exact) mass is 472 g/mol. The lowest BCUT2D eigenvalue weighted by Crippen LogP contribution is -2.24. The highest BCUT2D eigenvalue weighted by molar-refractivity contribution is 7.20. The summed E-state index contributed by atoms with van der Waals surface area (Å²) in [5.41, 5.74) is 3.58. The van der Waals surface area contributed by atoms with E-state index >= 15 is 0 Å². The number of aromatic nitrogens is 3. The maximum absolute atomic E-state index is 12.6. The molecule has 0 saturated heterocycles. The van der Waals surface area contributed by atoms with E-state index in [1.807, 2.05) is 44.2 Å². The van der Waals surface area contributed by atoms with E-state index in [0.29, 0.717) is 34.0 Å². The number of halogens is 2. The molecule has 1 aliphatic rings. The standard InChI is InChI=1S/C22H18Cl2N4O2S/c1-3-30-13-5-7-17-18(9-13)31-22(25-17)28-21-20(11(2)27-28)14(10-19(29)26-21)12-4-6-15(23)16(24)8-12/h4-9,14H,3,10H2,1-2H3,(H,26,29)/t14-/m1/s1. The van der Waals surface area contributed by atoms with Crippen LogP contribution in [0.15, 0.2) is 36.4 Å². The van der Waals surface area contributed by atoms with E-state index in [1.165, 1.54) is 11.3 Å². The minimum absolute atomic E-state index is 0.0792. The number of nitrogens with one attached hydrogen (secondary N) is 1. The second kappa shape index (κ2) is 7.82. The van der Waals surface area contributed by atoms with Gasteiger partial charge in [0.15, 0.2) is 0 Å². The lowest BCUT2D eigenvalue weighted by molar-refractivity contribution is -0.116. The average molecular weight is 473 g/mol. The summed E-state index contributed by atoms with van der Waals surface area (Å²) in [6, 6.07) is 11.3. The van der Waals surface area contributed by atoms with E-state index in [2.05, 4.69) is 5.32 Å². The normalized spacial score (nSPS) is 15.7. The van der Waals surface area contributed by atoms with Gasteiger partial charge in [0.1, 0.15) is 11.6 Å². The van der Waals surface area contributed by atoms with Gasteiger partial charge in [-0.1, -0.05) is 40.6 Å². The Bertz CT molecular complexity index is 1330. The Labute approximate surface area is 192 Å². The van der Waals surface area contributed by atoms with Gasteiger partial charge in [0.25, 0.3) is 0 Å². The van der Waals surface area contributed by atoms with Crippen molar-refractivity contribution in [3.05, 3.63) is 63.3 Å². The van der Waals surface area contributed by atoms with Gasteiger partial charge in [0, 0.05) is 17.9 Å². The van der Waals surface area contributed by atoms with Crippen molar-refractivity contribution in [3.63, 3.8) is 0 Å². The summed E-state index contributed by atoms with van der Waals surface area (Å²) in [4.78, 5) is 17.3. The predicted molar refractivity (Wildman–Crippen MR) is 124 cm³/mol. The summed E-state index contributed by atoms with van der Waals surface area (Å²) >= 11 is 13.8. The van der Waals surface area contributed by atoms with Crippen LogP contribution in [0.5, 0.6) is 5.75 Å². The van der Waals surface area contributed by atoms with Crippen LogP contribution in [0, 0.1) is 6.92 Å². The lowest BCUT2D eigenvalue weighted by Gasteiger charge is -2.24. The Morgan fingerprint density at radius 1 is 1.23 bits per heavy atom. The van der Waals surface area contributed by atoms with Crippen LogP contribution in [0.1, 0.15) is 36.1 Å². The molecule has 0 fully saturated rings. The lowest BCUT2D eigenvalue weighted by atomic mass is 9.86. The summed E-state index contributed by atoms with van der Waals surface area (Å²) in [6.45, 7) is 4.50. The van der Waals surface area contributed by atoms with Gasteiger partial charge in [-0.3, -0.25) is 4.79 Å². The Morgan fingerprint density at radius 3 is 2.84 bits per heavy atom. The predicted octanol–water partition coefficient (Wildman–Crippen LogP) is 5.97. The van der Waals surface area contributed by atoms with E-state index in [4.69, 9.17) is 38.0 Å². The first-order valence-electron chi connectivity index (χ1n) is 9.82. The molecule has 1 atom stereocenters. The minimum atomic E-state index is -0.161. The zero-order valence-corrected chi connectivity index (χ0v) is 19.1. The first-order valence-corrected chi connectivity index (χ1v) is 11.4. The van der Waals surface area contributed by atoms with Crippen molar-refractivity contribution in [3.8, 4) is 10.9 Å². The zero-order chi connectivity index (χ0) is 21.7. The number of carbonyl (C=O) groups is 1. The molecule has 1 N–H and O–H groups in total. The molecule has 0 aliphatic carbocycles. The first-order chi connectivity index (χ1) is 14.9. The van der Waals surface area contributed by atoms with Crippen LogP contribution >= 0.6 is 34.5 Å². The molecule has 4 aromatic rings. The summed E-state index contributed by atoms with van der Waals surface area (Å²) in [6.07, 6.45) is 0.315. The number of amides is 1. The minimum Gasteiger partial charge on any atom is -0.494 e. The number of ether oxygens (including phenoxy) is 1. The number of thiazole rings is 1. The smallest absolute Gasteiger partial charge is 0.226 e. The van der Waals surface area contributed by atoms with Crippen LogP contribution in [-0.2, 0) is 4.79 Å². The van der Waals surface area contributed by atoms with Gasteiger partial charge in [-0.15, -0.1) is 0 Å². The maximum Gasteiger partial charge on any atom is 0.226 e. The quantitative estimate of drug-likeness (QED) is 0.397. The number of hydrogen-bond donors (Lipinski definition) is 1. The summed E-state index contributed by atoms with van der Waals surface area (Å²) in [5, 5.41) is 9.35. The maximum atomic E-state index is 12.6. The van der Waals surface area contributed by atoms with E-state index in [-0.39, 0.29) is 11.8 Å². The molecular weight excluding hydrogens is 455 g/mol. The molecule has 158 valence electrons. The number of fused-ring (bicyclic) bond motifs is 2. The van der Waals surface area contributed by atoms with Gasteiger partial charge >= 0.3 is 0 Å². The molecule has 0 radical (unpaired) electrons. The van der Waals surface area contributed by atoms with Gasteiger partial charge in [-0.25, -0.2) is 4.98 Å². The largest absolute Gasteiger partial charge is 0.494 e. The molecule has 2 aromatic heterocycles. The number of benzene rings is 2. The van der Waals surface area contributed by atoms with Crippen LogP contribution in [0.4, 0.5) is 5.82 Å². The molecule has 1 aliphatic heterocycles. The molecule has 0 bridgehead atoms. The highest BCUT2D eigenvalue weighted by Crippen LogP contribution is 2.42. The second-order valence-electron chi connectivity index (χ2n) is 7.30. The first kappa shape index (κ1) is 20.3. The van der Waals surface area contributed by atoms with Crippen LogP contribution < -0.4 is 10.1 Å². The number of rotatable bonds is 4. The van der Waals surface area contributed by atoms with Crippen molar-refractivity contribution in [2.45, 2.75) is 26.2 Å². The molecular formula is C22H18Cl2N4O2S. The van der Waals surface area contributed by atoms with Crippen molar-refractivity contribution in [1.82, 2.24) is 14.8 Å². The molecule has 2 aromatic carbocycles. The van der Waals surface area contributed by atoms with Crippen LogP contribution in [-0.4, -0.2) is 27.3 Å². The van der Waals surface area contributed by atoms with Crippen molar-refractivity contribution in [2.75, 3.05) is 11.9 Å². The molecule has 0 spiro atoms. The summed E-state index contributed by atoms with van der Waals surface area (Å²) in [7, 11) is 0. The SMILES string of the molecule is CCOc1ccc2nc(-n3nc(C)c4c3NC(=O)C[C@@H]4c3ccc(Cl)c(Cl)c3)sc2c1. The van der Waals surface area contributed by atoms with Gasteiger partial charge in [-0.05, 0) is 49.7 Å². The van der Waals surface area contributed by atoms with Crippen molar-refractivity contribution in [2.24, 2.45) is 0 Å². The van der Waals surface area contributed by atoms with Gasteiger partial charge in [0.05, 0.1) is 32.6 Å². The number of carbonyl (C=O) groups excluding carboxylic acids is 1. The Hall–Kier alpha value is -2.61. The molecule has 0 unspecified atom stereocenters. The number of hydrogen-bond acceptors (Lipinski definition) is 5. The van der Waals surface area contributed by atoms with E-state index in [1.54, 1.807) is 10.7 Å². The fourth-order valence-electron chi connectivity index (χ4n) is 3.94. The molecule has 3 heterocycles. The van der Waals surface area contributed by atoms with Gasteiger partial charge in [-0.2, -0.15) is 9.78 Å². The number of nitrogens with zero attached hydrogens (tertiary/aromatic N) is 3. The van der Waals surface area contributed by atoms with E-state index in [0.717, 1.165) is 32.8 Å². The fourth-order valence-corrected chi connectivity index (χ4v) is 5.20. The summed E-state index contributed by atoms with van der Waals surface area (Å²) in [5.74, 6) is 1.21. The van der Waals surface area contributed by atoms with E-state index < -0.39 is 0 Å². The molecule has 0 saturated carbocycles. The summed E-state index contributed by atoms with van der Waals surface area (Å²) < 4.78 is 8.31. The number of anilines is 1. The fraction of sp³-hybridized carbons (Fsp3) is 0.227. The average Bonchev–Trinajstić information content (AvgIpc) is 3.30. The van der Waals surface area contributed by atoms with Gasteiger partial charge < -0.3 is 10.1 Å². The van der Waals surface area contributed by atoms with Crippen molar-refractivity contribution >= 4 is 56.5 Å². The molecule has 1 amide bonds. The van der Waals surface area contributed by atoms with Crippen LogP contribution in [0.2, 0.25) is 10.0 Å². The highest BCUT2D eigenvalue weighted by atomic mass is 35.5. The zero-order valence-electron chi connectivity index (χ0n) is 16.8. The Morgan fingerprint density at radius 2 is 2.06 bits per heavy atom. The number of aryl methyl sites for hydroxylation is 1. The van der Waals surface area contributed by atoms with E-state index in [9.17, 15) is 4.79 Å². The molecule has 9 heteroatoms. The third kappa shape index (κ3) is 3.56. The molecule has 31 heavy (non-hydrogen) atoms. The molecule has 6 nitrogen and oxygen atoms in total. The van der Waals surface area contributed by atoms with Crippen molar-refractivity contribution in [1.29, 1.82) is 0 Å². The van der Waals surface area contributed by atoms with Crippen LogP contribution in [0.3, 0.4) is 0 Å². The third-order valence-electron chi connectivity index (χ3n) is 5.29. The topological polar surface area (TPSA) is 69.0 Å². The Kier molecular flexibility index (Phi) is 5.12. The van der Waals surface area contributed by atoms with Crippen LogP contribution in [0.25, 0.3) is 15.3 Å². The van der Waals surface area contributed by atoms with Gasteiger partial charge in [0.2, 0.25) is 11.0 Å². The highest BCUT2D eigenvalue weighted by Gasteiger charge is 2.33.